The Morgan fingerprint density at radius 2 is 2.19 bits per heavy atom. The number of amides is 1. The van der Waals surface area contributed by atoms with E-state index in [1.807, 2.05) is 13.0 Å². The number of carbonyl (C=O) groups excluding carboxylic acids is 1. The molecule has 0 radical (unpaired) electrons. The van der Waals surface area contributed by atoms with E-state index in [4.69, 9.17) is 0 Å². The third-order valence-corrected chi connectivity index (χ3v) is 6.72. The Labute approximate surface area is 158 Å². The lowest BCUT2D eigenvalue weighted by Crippen LogP contribution is -2.21. The standard InChI is InChI=1S/C17H19N5O2S2/c1-9-7-12(22(3)20-9)18-13(23)8-25-17-19-15-14(16(24)21(17)2)10-5-4-6-11(10)26-15/h7H,4-6,8H2,1-3H3,(H,18,23). The van der Waals surface area contributed by atoms with Crippen molar-refractivity contribution in [3.63, 3.8) is 0 Å². The zero-order valence-corrected chi connectivity index (χ0v) is 16.5. The first-order valence-corrected chi connectivity index (χ1v) is 10.2. The van der Waals surface area contributed by atoms with Crippen LogP contribution in [0, 0.1) is 6.92 Å². The van der Waals surface area contributed by atoms with Crippen LogP contribution in [0.4, 0.5) is 5.82 Å². The second kappa shape index (κ2) is 6.55. The van der Waals surface area contributed by atoms with Crippen molar-refractivity contribution < 1.29 is 4.79 Å². The number of hydrogen-bond donors (Lipinski definition) is 1. The molecule has 0 fully saturated rings. The van der Waals surface area contributed by atoms with Crippen LogP contribution < -0.4 is 10.9 Å². The van der Waals surface area contributed by atoms with Gasteiger partial charge in [0.1, 0.15) is 10.6 Å². The largest absolute Gasteiger partial charge is 0.310 e. The van der Waals surface area contributed by atoms with E-state index in [0.717, 1.165) is 35.2 Å². The molecule has 0 atom stereocenters. The SMILES string of the molecule is Cc1cc(NC(=O)CSc2nc3sc4c(c3c(=O)n2C)CCC4)n(C)n1. The molecule has 3 heterocycles. The summed E-state index contributed by atoms with van der Waals surface area (Å²) in [4.78, 5) is 31.7. The molecule has 1 N–H and O–H groups in total. The van der Waals surface area contributed by atoms with Crippen LogP contribution in [0.25, 0.3) is 10.2 Å². The van der Waals surface area contributed by atoms with E-state index in [9.17, 15) is 9.59 Å². The van der Waals surface area contributed by atoms with Crippen molar-refractivity contribution in [2.75, 3.05) is 11.1 Å². The summed E-state index contributed by atoms with van der Waals surface area (Å²) < 4.78 is 3.19. The smallest absolute Gasteiger partial charge is 0.262 e. The average Bonchev–Trinajstić information content (AvgIpc) is 3.24. The molecule has 0 saturated heterocycles. The highest BCUT2D eigenvalue weighted by Gasteiger charge is 2.22. The van der Waals surface area contributed by atoms with Gasteiger partial charge in [-0.25, -0.2) is 4.98 Å². The molecule has 0 spiro atoms. The Morgan fingerprint density at radius 3 is 2.92 bits per heavy atom. The minimum Gasteiger partial charge on any atom is -0.310 e. The number of thiophene rings is 1. The Kier molecular flexibility index (Phi) is 4.36. The summed E-state index contributed by atoms with van der Waals surface area (Å²) in [5.74, 6) is 0.683. The van der Waals surface area contributed by atoms with Crippen molar-refractivity contribution in [1.29, 1.82) is 0 Å². The fraction of sp³-hybridized carbons (Fsp3) is 0.412. The summed E-state index contributed by atoms with van der Waals surface area (Å²) >= 11 is 2.89. The number of anilines is 1. The minimum absolute atomic E-state index is 0.0143. The Morgan fingerprint density at radius 1 is 1.38 bits per heavy atom. The summed E-state index contributed by atoms with van der Waals surface area (Å²) in [6, 6.07) is 1.82. The molecule has 7 nitrogen and oxygen atoms in total. The number of hydrogen-bond acceptors (Lipinski definition) is 6. The predicted molar refractivity (Wildman–Crippen MR) is 104 cm³/mol. The van der Waals surface area contributed by atoms with E-state index in [1.54, 1.807) is 34.7 Å². The molecule has 0 aliphatic heterocycles. The van der Waals surface area contributed by atoms with Crippen LogP contribution in [0.2, 0.25) is 0 Å². The van der Waals surface area contributed by atoms with E-state index in [0.29, 0.717) is 11.0 Å². The van der Waals surface area contributed by atoms with E-state index in [2.05, 4.69) is 15.4 Å². The molecule has 9 heteroatoms. The Bertz CT molecular complexity index is 1080. The van der Waals surface area contributed by atoms with Crippen LogP contribution in [0.15, 0.2) is 16.0 Å². The second-order valence-corrected chi connectivity index (χ2v) is 8.45. The number of fused-ring (bicyclic) bond motifs is 3. The molecule has 136 valence electrons. The average molecular weight is 390 g/mol. The molecule has 0 saturated carbocycles. The van der Waals surface area contributed by atoms with Gasteiger partial charge >= 0.3 is 0 Å². The van der Waals surface area contributed by atoms with Crippen LogP contribution in [0.1, 0.15) is 22.6 Å². The summed E-state index contributed by atoms with van der Waals surface area (Å²) in [7, 11) is 3.50. The number of aryl methyl sites for hydroxylation is 4. The van der Waals surface area contributed by atoms with Gasteiger partial charge in [0.05, 0.1) is 16.8 Å². The van der Waals surface area contributed by atoms with Gasteiger partial charge in [-0.2, -0.15) is 5.10 Å². The molecular weight excluding hydrogens is 370 g/mol. The number of nitrogens with zero attached hydrogens (tertiary/aromatic N) is 4. The zero-order valence-electron chi connectivity index (χ0n) is 14.8. The van der Waals surface area contributed by atoms with Crippen molar-refractivity contribution in [3.05, 3.63) is 32.6 Å². The molecule has 4 rings (SSSR count). The van der Waals surface area contributed by atoms with Gasteiger partial charge in [0.15, 0.2) is 5.16 Å². The summed E-state index contributed by atoms with van der Waals surface area (Å²) in [5, 5.41) is 8.37. The van der Waals surface area contributed by atoms with E-state index in [1.165, 1.54) is 22.2 Å². The van der Waals surface area contributed by atoms with E-state index in [-0.39, 0.29) is 17.2 Å². The number of carbonyl (C=O) groups is 1. The maximum absolute atomic E-state index is 12.8. The molecule has 0 unspecified atom stereocenters. The minimum atomic E-state index is -0.152. The van der Waals surface area contributed by atoms with Crippen LogP contribution in [0.3, 0.4) is 0 Å². The highest BCUT2D eigenvalue weighted by Crippen LogP contribution is 2.35. The third kappa shape index (κ3) is 2.95. The second-order valence-electron chi connectivity index (χ2n) is 6.43. The molecular formula is C17H19N5O2S2. The topological polar surface area (TPSA) is 81.8 Å². The fourth-order valence-corrected chi connectivity index (χ4v) is 5.35. The maximum atomic E-state index is 12.8. The van der Waals surface area contributed by atoms with Gasteiger partial charge in [-0.3, -0.25) is 18.8 Å². The van der Waals surface area contributed by atoms with E-state index >= 15 is 0 Å². The molecule has 3 aromatic rings. The molecule has 0 bridgehead atoms. The number of aromatic nitrogens is 4. The zero-order chi connectivity index (χ0) is 18.4. The maximum Gasteiger partial charge on any atom is 0.262 e. The number of nitrogens with one attached hydrogen (secondary N) is 1. The van der Waals surface area contributed by atoms with Gasteiger partial charge in [0.2, 0.25) is 5.91 Å². The first-order chi connectivity index (χ1) is 12.4. The van der Waals surface area contributed by atoms with Crippen LogP contribution in [0.5, 0.6) is 0 Å². The van der Waals surface area contributed by atoms with Gasteiger partial charge in [-0.05, 0) is 31.7 Å². The van der Waals surface area contributed by atoms with Gasteiger partial charge < -0.3 is 5.32 Å². The molecule has 3 aromatic heterocycles. The normalized spacial score (nSPS) is 13.3. The van der Waals surface area contributed by atoms with Crippen molar-refractivity contribution in [2.24, 2.45) is 14.1 Å². The van der Waals surface area contributed by atoms with Crippen LogP contribution in [-0.2, 0) is 31.7 Å². The van der Waals surface area contributed by atoms with Crippen LogP contribution in [-0.4, -0.2) is 31.0 Å². The number of thioether (sulfide) groups is 1. The quantitative estimate of drug-likeness (QED) is 0.547. The summed E-state index contributed by atoms with van der Waals surface area (Å²) in [6.45, 7) is 1.87. The lowest BCUT2D eigenvalue weighted by atomic mass is 10.2. The Hall–Kier alpha value is -2.13. The summed E-state index contributed by atoms with van der Waals surface area (Å²) in [5.41, 5.74) is 2.01. The van der Waals surface area contributed by atoms with Gasteiger partial charge in [0, 0.05) is 25.0 Å². The highest BCUT2D eigenvalue weighted by atomic mass is 32.2. The van der Waals surface area contributed by atoms with Crippen LogP contribution >= 0.6 is 23.1 Å². The monoisotopic (exact) mass is 389 g/mol. The van der Waals surface area contributed by atoms with E-state index < -0.39 is 0 Å². The highest BCUT2D eigenvalue weighted by molar-refractivity contribution is 7.99. The third-order valence-electron chi connectivity index (χ3n) is 4.51. The van der Waals surface area contributed by atoms with Crippen molar-refractivity contribution in [1.82, 2.24) is 19.3 Å². The molecule has 1 aliphatic carbocycles. The molecule has 26 heavy (non-hydrogen) atoms. The Balaban J connectivity index is 1.54. The van der Waals surface area contributed by atoms with Gasteiger partial charge in [-0.15, -0.1) is 11.3 Å². The first kappa shape index (κ1) is 17.3. The first-order valence-electron chi connectivity index (χ1n) is 8.38. The molecule has 0 aromatic carbocycles. The lowest BCUT2D eigenvalue weighted by molar-refractivity contribution is -0.113. The molecule has 1 amide bonds. The number of rotatable bonds is 4. The van der Waals surface area contributed by atoms with Gasteiger partial charge in [0.25, 0.3) is 5.56 Å². The molecule has 1 aliphatic rings. The fourth-order valence-electron chi connectivity index (χ4n) is 3.27. The summed E-state index contributed by atoms with van der Waals surface area (Å²) in [6.07, 6.45) is 3.12. The van der Waals surface area contributed by atoms with Crippen molar-refractivity contribution in [2.45, 2.75) is 31.3 Å². The van der Waals surface area contributed by atoms with Crippen molar-refractivity contribution in [3.8, 4) is 0 Å². The predicted octanol–water partition coefficient (Wildman–Crippen LogP) is 2.26. The van der Waals surface area contributed by atoms with Crippen molar-refractivity contribution >= 4 is 45.0 Å². The lowest BCUT2D eigenvalue weighted by Gasteiger charge is -2.08. The van der Waals surface area contributed by atoms with Gasteiger partial charge in [-0.1, -0.05) is 11.8 Å².